The highest BCUT2D eigenvalue weighted by molar-refractivity contribution is 6.09. The number of carbonyl (C=O) groups excluding carboxylic acids is 1. The van der Waals surface area contributed by atoms with Crippen molar-refractivity contribution >= 4 is 17.3 Å². The van der Waals surface area contributed by atoms with E-state index in [1.807, 2.05) is 48.7 Å². The van der Waals surface area contributed by atoms with Gasteiger partial charge in [-0.1, -0.05) is 48.9 Å². The van der Waals surface area contributed by atoms with Gasteiger partial charge in [-0.25, -0.2) is 4.99 Å². The lowest BCUT2D eigenvalue weighted by atomic mass is 9.82. The first-order chi connectivity index (χ1) is 14.6. The van der Waals surface area contributed by atoms with E-state index in [4.69, 9.17) is 5.73 Å². The smallest absolute Gasteiger partial charge is 0.193 e. The molecule has 0 amide bonds. The van der Waals surface area contributed by atoms with Gasteiger partial charge < -0.3 is 15.5 Å². The van der Waals surface area contributed by atoms with Crippen molar-refractivity contribution in [2.45, 2.75) is 32.4 Å². The second-order valence-electron chi connectivity index (χ2n) is 8.36. The summed E-state index contributed by atoms with van der Waals surface area (Å²) in [6.45, 7) is 2.06. The Labute approximate surface area is 177 Å². The molecule has 0 spiro atoms. The molecule has 0 saturated heterocycles. The minimum Gasteiger partial charge on any atom is -0.382 e. The summed E-state index contributed by atoms with van der Waals surface area (Å²) in [5.74, 6) is 1.21. The lowest BCUT2D eigenvalue weighted by Crippen LogP contribution is -2.45. The van der Waals surface area contributed by atoms with E-state index < -0.39 is 0 Å². The van der Waals surface area contributed by atoms with E-state index in [0.717, 1.165) is 22.5 Å². The highest BCUT2D eigenvalue weighted by atomic mass is 16.1. The normalized spacial score (nSPS) is 20.9. The summed E-state index contributed by atoms with van der Waals surface area (Å²) >= 11 is 0. The van der Waals surface area contributed by atoms with Crippen LogP contribution in [0.5, 0.6) is 0 Å². The van der Waals surface area contributed by atoms with Gasteiger partial charge in [0.2, 0.25) is 0 Å². The first-order valence-corrected chi connectivity index (χ1v) is 10.5. The average Bonchev–Trinajstić information content (AvgIpc) is 3.00. The van der Waals surface area contributed by atoms with Crippen molar-refractivity contribution in [1.29, 1.82) is 0 Å². The molecule has 1 aliphatic carbocycles. The van der Waals surface area contributed by atoms with Gasteiger partial charge in [-0.15, -0.1) is 0 Å². The number of aliphatic imine (C=N–C) groups is 1. The van der Waals surface area contributed by atoms with Crippen molar-refractivity contribution in [3.8, 4) is 0 Å². The Balaban J connectivity index is 1.55. The van der Waals surface area contributed by atoms with E-state index in [-0.39, 0.29) is 11.9 Å². The summed E-state index contributed by atoms with van der Waals surface area (Å²) in [5, 5.41) is 0. The van der Waals surface area contributed by atoms with Gasteiger partial charge in [-0.05, 0) is 37.3 Å². The van der Waals surface area contributed by atoms with E-state index in [1.165, 1.54) is 19.3 Å². The summed E-state index contributed by atoms with van der Waals surface area (Å²) in [6, 6.07) is 15.4. The number of fused-ring (bicyclic) bond motifs is 1. The quantitative estimate of drug-likeness (QED) is 0.788. The molecule has 0 bridgehead atoms. The van der Waals surface area contributed by atoms with E-state index in [2.05, 4.69) is 34.8 Å². The van der Waals surface area contributed by atoms with Crippen LogP contribution < -0.4 is 5.73 Å². The Morgan fingerprint density at radius 2 is 1.83 bits per heavy atom. The predicted octanol–water partition coefficient (Wildman–Crippen LogP) is 4.11. The van der Waals surface area contributed by atoms with Crippen LogP contribution in [0.25, 0.3) is 5.70 Å². The summed E-state index contributed by atoms with van der Waals surface area (Å²) in [5.41, 5.74) is 12.0. The minimum atomic E-state index is 0.0401. The number of nitrogens with zero attached hydrogens (tertiary/aromatic N) is 3. The molecule has 3 aliphatic rings. The molecule has 2 heterocycles. The van der Waals surface area contributed by atoms with Crippen molar-refractivity contribution in [2.75, 3.05) is 7.05 Å². The number of ketones is 1. The van der Waals surface area contributed by atoms with Crippen LogP contribution in [0.2, 0.25) is 0 Å². The average molecular weight is 399 g/mol. The van der Waals surface area contributed by atoms with Crippen molar-refractivity contribution in [3.05, 3.63) is 88.9 Å². The van der Waals surface area contributed by atoms with Gasteiger partial charge in [0, 0.05) is 36.1 Å². The molecule has 5 rings (SSSR count). The molecule has 2 aliphatic heterocycles. The number of benzene rings is 2. The largest absolute Gasteiger partial charge is 0.382 e. The van der Waals surface area contributed by atoms with Gasteiger partial charge in [0.1, 0.15) is 17.7 Å². The summed E-state index contributed by atoms with van der Waals surface area (Å²) in [7, 11) is 2.15. The molecule has 1 atom stereocenters. The molecule has 2 N–H and O–H groups in total. The third-order valence-corrected chi connectivity index (χ3v) is 6.55. The summed E-state index contributed by atoms with van der Waals surface area (Å²) in [4.78, 5) is 21.9. The van der Waals surface area contributed by atoms with Crippen LogP contribution in [-0.4, -0.2) is 34.6 Å². The Hall–Kier alpha value is -3.34. The van der Waals surface area contributed by atoms with Crippen LogP contribution >= 0.6 is 0 Å². The van der Waals surface area contributed by atoms with Gasteiger partial charge in [-0.2, -0.15) is 0 Å². The number of aryl methyl sites for hydroxylation is 1. The van der Waals surface area contributed by atoms with Crippen molar-refractivity contribution in [1.82, 2.24) is 9.80 Å². The van der Waals surface area contributed by atoms with Gasteiger partial charge in [0.05, 0.1) is 5.70 Å². The highest BCUT2D eigenvalue weighted by Crippen LogP contribution is 2.45. The zero-order valence-electron chi connectivity index (χ0n) is 17.4. The number of amidine groups is 1. The lowest BCUT2D eigenvalue weighted by molar-refractivity contribution is 0.0919. The van der Waals surface area contributed by atoms with Crippen molar-refractivity contribution in [2.24, 2.45) is 16.6 Å². The van der Waals surface area contributed by atoms with Crippen LogP contribution in [0.1, 0.15) is 46.3 Å². The fraction of sp³-hybridized carbons (Fsp3) is 0.280. The molecule has 1 unspecified atom stereocenters. The molecule has 30 heavy (non-hydrogen) atoms. The SMILES string of the molecule is Cc1cc(C(=O)c2ccccc2)ccc1C1=C2C(N)=NC=CN2C(C2CCC2)N1C. The number of hydrogen-bond acceptors (Lipinski definition) is 5. The zero-order valence-corrected chi connectivity index (χ0v) is 17.4. The van der Waals surface area contributed by atoms with E-state index >= 15 is 0 Å². The first-order valence-electron chi connectivity index (χ1n) is 10.5. The van der Waals surface area contributed by atoms with Gasteiger partial charge in [-0.3, -0.25) is 4.79 Å². The number of rotatable bonds is 4. The molecule has 1 fully saturated rings. The summed E-state index contributed by atoms with van der Waals surface area (Å²) in [6.07, 6.45) is 7.85. The van der Waals surface area contributed by atoms with Gasteiger partial charge >= 0.3 is 0 Å². The molecule has 2 aromatic carbocycles. The number of nitrogens with two attached hydrogens (primary N) is 1. The van der Waals surface area contributed by atoms with E-state index in [0.29, 0.717) is 22.9 Å². The van der Waals surface area contributed by atoms with Gasteiger partial charge in [0.25, 0.3) is 0 Å². The third kappa shape index (κ3) is 2.84. The maximum Gasteiger partial charge on any atom is 0.193 e. The number of carbonyl (C=O) groups is 1. The third-order valence-electron chi connectivity index (χ3n) is 6.55. The number of hydrogen-bond donors (Lipinski definition) is 1. The molecule has 0 radical (unpaired) electrons. The molecular formula is C25H26N4O. The Morgan fingerprint density at radius 1 is 1.07 bits per heavy atom. The van der Waals surface area contributed by atoms with E-state index in [9.17, 15) is 4.79 Å². The predicted molar refractivity (Wildman–Crippen MR) is 119 cm³/mol. The second-order valence-corrected chi connectivity index (χ2v) is 8.36. The molecule has 1 saturated carbocycles. The van der Waals surface area contributed by atoms with Crippen molar-refractivity contribution in [3.63, 3.8) is 0 Å². The highest BCUT2D eigenvalue weighted by Gasteiger charge is 2.44. The fourth-order valence-electron chi connectivity index (χ4n) is 4.83. The standard InChI is InChI=1S/C25H26N4O/c1-16-15-19(23(30)17-7-4-3-5-8-17)11-12-20(16)21-22-24(26)27-13-14-29(22)25(28(21)2)18-9-6-10-18/h3-5,7-8,11-15,18,25H,6,9-10H2,1-2H3,(H2,26,27). The molecule has 2 aromatic rings. The Kier molecular flexibility index (Phi) is 4.46. The monoisotopic (exact) mass is 398 g/mol. The zero-order chi connectivity index (χ0) is 20.8. The van der Waals surface area contributed by atoms with Crippen LogP contribution in [0.15, 0.2) is 71.6 Å². The maximum absolute atomic E-state index is 12.9. The fourth-order valence-corrected chi connectivity index (χ4v) is 4.83. The second kappa shape index (κ2) is 7.17. The van der Waals surface area contributed by atoms with Crippen LogP contribution in [-0.2, 0) is 0 Å². The molecule has 5 heteroatoms. The minimum absolute atomic E-state index is 0.0401. The van der Waals surface area contributed by atoms with Crippen LogP contribution in [0.3, 0.4) is 0 Å². The lowest BCUT2D eigenvalue weighted by Gasteiger charge is -2.41. The topological polar surface area (TPSA) is 61.9 Å². The molecule has 152 valence electrons. The first kappa shape index (κ1) is 18.7. The maximum atomic E-state index is 12.9. The van der Waals surface area contributed by atoms with Crippen LogP contribution in [0, 0.1) is 12.8 Å². The molecular weight excluding hydrogens is 372 g/mol. The molecule has 5 nitrogen and oxygen atoms in total. The van der Waals surface area contributed by atoms with Gasteiger partial charge in [0.15, 0.2) is 5.78 Å². The van der Waals surface area contributed by atoms with Crippen molar-refractivity contribution < 1.29 is 4.79 Å². The van der Waals surface area contributed by atoms with E-state index in [1.54, 1.807) is 6.20 Å². The van der Waals surface area contributed by atoms with Crippen LogP contribution in [0.4, 0.5) is 0 Å². The Morgan fingerprint density at radius 3 is 2.50 bits per heavy atom. The molecule has 0 aromatic heterocycles. The Bertz CT molecular complexity index is 1100. The summed E-state index contributed by atoms with van der Waals surface area (Å²) < 4.78 is 0.